The van der Waals surface area contributed by atoms with Crippen LogP contribution in [0.2, 0.25) is 0 Å². The lowest BCUT2D eigenvalue weighted by Crippen LogP contribution is -2.07. The standard InChI is InChI=1S/C9H19N3OS/c1-4-6-7-8(13-5-2)11-12-9(10)14-3/h4-7H2,1-3H3,(H2,10,12)/b11-8-. The lowest BCUT2D eigenvalue weighted by atomic mass is 10.2. The highest BCUT2D eigenvalue weighted by molar-refractivity contribution is 8.13. The first-order valence-electron chi connectivity index (χ1n) is 4.81. The highest BCUT2D eigenvalue weighted by Gasteiger charge is 1.98. The van der Waals surface area contributed by atoms with Gasteiger partial charge in [0.25, 0.3) is 0 Å². The van der Waals surface area contributed by atoms with Gasteiger partial charge in [0.1, 0.15) is 0 Å². The number of rotatable bonds is 5. The molecule has 0 atom stereocenters. The third-order valence-electron chi connectivity index (χ3n) is 1.52. The van der Waals surface area contributed by atoms with Gasteiger partial charge in [0, 0.05) is 6.42 Å². The maximum atomic E-state index is 5.50. The second-order valence-corrected chi connectivity index (χ2v) is 3.50. The summed E-state index contributed by atoms with van der Waals surface area (Å²) in [5.74, 6) is 0.673. The molecule has 0 aliphatic heterocycles. The molecule has 0 aromatic carbocycles. The highest BCUT2D eigenvalue weighted by Crippen LogP contribution is 2.00. The number of thioether (sulfide) groups is 1. The van der Waals surface area contributed by atoms with Gasteiger partial charge in [-0.15, -0.1) is 10.2 Å². The first-order chi connectivity index (χ1) is 6.74. The fourth-order valence-corrected chi connectivity index (χ4v) is 0.914. The molecule has 0 radical (unpaired) electrons. The monoisotopic (exact) mass is 217 g/mol. The molecule has 0 spiro atoms. The third-order valence-corrected chi connectivity index (χ3v) is 2.02. The first-order valence-corrected chi connectivity index (χ1v) is 6.03. The fraction of sp³-hybridized carbons (Fsp3) is 0.778. The van der Waals surface area contributed by atoms with Crippen LogP contribution in [0, 0.1) is 0 Å². The van der Waals surface area contributed by atoms with Gasteiger partial charge in [0.05, 0.1) is 6.61 Å². The zero-order valence-corrected chi connectivity index (χ0v) is 9.93. The van der Waals surface area contributed by atoms with Crippen LogP contribution in [0.3, 0.4) is 0 Å². The van der Waals surface area contributed by atoms with E-state index in [0.29, 0.717) is 17.7 Å². The van der Waals surface area contributed by atoms with E-state index in [0.717, 1.165) is 19.3 Å². The molecule has 0 aliphatic rings. The summed E-state index contributed by atoms with van der Waals surface area (Å²) in [5, 5.41) is 8.25. The zero-order valence-electron chi connectivity index (χ0n) is 9.12. The number of nitrogens with two attached hydrogens (primary N) is 1. The Morgan fingerprint density at radius 2 is 2.07 bits per heavy atom. The summed E-state index contributed by atoms with van der Waals surface area (Å²) in [6, 6.07) is 0. The van der Waals surface area contributed by atoms with Crippen molar-refractivity contribution in [3.8, 4) is 0 Å². The van der Waals surface area contributed by atoms with Crippen LogP contribution in [0.1, 0.15) is 33.1 Å². The van der Waals surface area contributed by atoms with Crippen LogP contribution in [0.15, 0.2) is 10.2 Å². The van der Waals surface area contributed by atoms with Gasteiger partial charge in [0.15, 0.2) is 5.17 Å². The van der Waals surface area contributed by atoms with Crippen LogP contribution < -0.4 is 5.73 Å². The molecule has 0 aromatic heterocycles. The molecule has 0 amide bonds. The summed E-state index contributed by atoms with van der Waals surface area (Å²) >= 11 is 1.37. The summed E-state index contributed by atoms with van der Waals surface area (Å²) in [7, 11) is 0. The Bertz CT molecular complexity index is 204. The number of hydrogen-bond donors (Lipinski definition) is 1. The van der Waals surface area contributed by atoms with Crippen molar-refractivity contribution in [3.05, 3.63) is 0 Å². The molecule has 0 saturated carbocycles. The summed E-state index contributed by atoms with van der Waals surface area (Å²) in [5.41, 5.74) is 5.50. The number of ether oxygens (including phenoxy) is 1. The van der Waals surface area contributed by atoms with Gasteiger partial charge in [-0.3, -0.25) is 0 Å². The Balaban J connectivity index is 4.16. The number of amidine groups is 1. The van der Waals surface area contributed by atoms with E-state index < -0.39 is 0 Å². The topological polar surface area (TPSA) is 60.0 Å². The van der Waals surface area contributed by atoms with Gasteiger partial charge in [-0.2, -0.15) is 0 Å². The molecule has 0 bridgehead atoms. The molecule has 0 aromatic rings. The van der Waals surface area contributed by atoms with E-state index in [4.69, 9.17) is 10.5 Å². The molecule has 0 saturated heterocycles. The molecular weight excluding hydrogens is 198 g/mol. The lowest BCUT2D eigenvalue weighted by Gasteiger charge is -2.04. The molecule has 0 rings (SSSR count). The minimum atomic E-state index is 0.457. The molecule has 2 N–H and O–H groups in total. The average molecular weight is 217 g/mol. The Labute approximate surface area is 90.0 Å². The molecule has 0 fully saturated rings. The van der Waals surface area contributed by atoms with Crippen molar-refractivity contribution >= 4 is 22.8 Å². The molecule has 0 aliphatic carbocycles. The van der Waals surface area contributed by atoms with E-state index in [1.54, 1.807) is 0 Å². The van der Waals surface area contributed by atoms with Crippen molar-refractivity contribution < 1.29 is 4.74 Å². The molecule has 5 heteroatoms. The number of nitrogens with zero attached hydrogens (tertiary/aromatic N) is 2. The Morgan fingerprint density at radius 3 is 2.57 bits per heavy atom. The van der Waals surface area contributed by atoms with Gasteiger partial charge in [-0.1, -0.05) is 25.1 Å². The minimum Gasteiger partial charge on any atom is -0.480 e. The van der Waals surface area contributed by atoms with Crippen LogP contribution >= 0.6 is 11.8 Å². The minimum absolute atomic E-state index is 0.457. The van der Waals surface area contributed by atoms with Gasteiger partial charge >= 0.3 is 0 Å². The average Bonchev–Trinajstić information content (AvgIpc) is 2.21. The second-order valence-electron chi connectivity index (χ2n) is 2.67. The molecule has 82 valence electrons. The fourth-order valence-electron chi connectivity index (χ4n) is 0.792. The first kappa shape index (κ1) is 13.3. The predicted octanol–water partition coefficient (Wildman–Crippen LogP) is 2.20. The number of hydrogen-bond acceptors (Lipinski definition) is 4. The van der Waals surface area contributed by atoms with Crippen molar-refractivity contribution in [2.45, 2.75) is 33.1 Å². The van der Waals surface area contributed by atoms with Crippen LogP contribution in [0.25, 0.3) is 0 Å². The Kier molecular flexibility index (Phi) is 8.42. The van der Waals surface area contributed by atoms with E-state index >= 15 is 0 Å². The molecule has 0 unspecified atom stereocenters. The maximum absolute atomic E-state index is 5.50. The summed E-state index contributed by atoms with van der Waals surface area (Å²) < 4.78 is 5.32. The SMILES string of the molecule is CCCC/C(=N/N=C(\N)SC)OCC. The van der Waals surface area contributed by atoms with Gasteiger partial charge in [-0.25, -0.2) is 0 Å². The van der Waals surface area contributed by atoms with Crippen molar-refractivity contribution in [1.82, 2.24) is 0 Å². The normalized spacial score (nSPS) is 13.1. The smallest absolute Gasteiger partial charge is 0.208 e. The van der Waals surface area contributed by atoms with E-state index in [1.807, 2.05) is 13.2 Å². The number of unbranched alkanes of at least 4 members (excludes halogenated alkanes) is 1. The Hall–Kier alpha value is -0.710. The molecular formula is C9H19N3OS. The van der Waals surface area contributed by atoms with E-state index in [2.05, 4.69) is 17.1 Å². The van der Waals surface area contributed by atoms with E-state index in [9.17, 15) is 0 Å². The van der Waals surface area contributed by atoms with Gasteiger partial charge in [0.2, 0.25) is 5.90 Å². The van der Waals surface area contributed by atoms with Crippen molar-refractivity contribution in [3.63, 3.8) is 0 Å². The summed E-state index contributed by atoms with van der Waals surface area (Å²) in [6.07, 6.45) is 4.87. The molecule has 4 nitrogen and oxygen atoms in total. The van der Waals surface area contributed by atoms with Crippen LogP contribution in [0.5, 0.6) is 0 Å². The third kappa shape index (κ3) is 6.77. The summed E-state index contributed by atoms with van der Waals surface area (Å²) in [6.45, 7) is 4.68. The Morgan fingerprint density at radius 1 is 1.36 bits per heavy atom. The predicted molar refractivity (Wildman–Crippen MR) is 63.7 cm³/mol. The van der Waals surface area contributed by atoms with Crippen LogP contribution in [-0.2, 0) is 4.74 Å². The zero-order chi connectivity index (χ0) is 10.8. The maximum Gasteiger partial charge on any atom is 0.208 e. The second kappa shape index (κ2) is 8.87. The van der Waals surface area contributed by atoms with Crippen LogP contribution in [0.4, 0.5) is 0 Å². The summed E-state index contributed by atoms with van der Waals surface area (Å²) in [4.78, 5) is 0. The molecule has 0 heterocycles. The molecule has 14 heavy (non-hydrogen) atoms. The van der Waals surface area contributed by atoms with Gasteiger partial charge < -0.3 is 10.5 Å². The van der Waals surface area contributed by atoms with E-state index in [1.165, 1.54) is 11.8 Å². The van der Waals surface area contributed by atoms with Crippen molar-refractivity contribution in [1.29, 1.82) is 0 Å². The lowest BCUT2D eigenvalue weighted by molar-refractivity contribution is 0.314. The van der Waals surface area contributed by atoms with Crippen molar-refractivity contribution in [2.75, 3.05) is 12.9 Å². The largest absolute Gasteiger partial charge is 0.480 e. The van der Waals surface area contributed by atoms with E-state index in [-0.39, 0.29) is 0 Å². The highest BCUT2D eigenvalue weighted by atomic mass is 32.2. The quantitative estimate of drug-likeness (QED) is 0.436. The van der Waals surface area contributed by atoms with Gasteiger partial charge in [-0.05, 0) is 19.6 Å². The van der Waals surface area contributed by atoms with Crippen molar-refractivity contribution in [2.24, 2.45) is 15.9 Å². The van der Waals surface area contributed by atoms with Crippen LogP contribution in [-0.4, -0.2) is 23.9 Å².